The van der Waals surface area contributed by atoms with E-state index in [9.17, 15) is 43.8 Å². The number of aliphatic hydroxyl groups excluding tert-OH is 1. The molecule has 0 aliphatic carbocycles. The second-order valence-corrected chi connectivity index (χ2v) is 13.2. The van der Waals surface area contributed by atoms with Crippen LogP contribution in [-0.4, -0.2) is 113 Å². The zero-order valence-electron chi connectivity index (χ0n) is 31.0. The molecule has 6 amide bonds. The first-order valence-corrected chi connectivity index (χ1v) is 17.6. The van der Waals surface area contributed by atoms with Crippen molar-refractivity contribution in [3.63, 3.8) is 0 Å². The fraction of sp³-hybridized carbons (Fsp3) is 0.588. The average molecular weight is 764 g/mol. The van der Waals surface area contributed by atoms with E-state index in [0.717, 1.165) is 0 Å². The van der Waals surface area contributed by atoms with Gasteiger partial charge in [0.15, 0.2) is 5.96 Å². The van der Waals surface area contributed by atoms with Gasteiger partial charge in [-0.05, 0) is 57.1 Å². The molecule has 1 aromatic carbocycles. The van der Waals surface area contributed by atoms with Crippen LogP contribution >= 0.6 is 0 Å². The average Bonchev–Trinajstić information content (AvgIpc) is 3.09. The minimum atomic E-state index is -1.63. The third-order valence-electron chi connectivity index (χ3n) is 8.16. The summed E-state index contributed by atoms with van der Waals surface area (Å²) in [5.41, 5.74) is 28.1. The maximum atomic E-state index is 13.8. The van der Waals surface area contributed by atoms with Crippen LogP contribution in [0.1, 0.15) is 64.9 Å². The number of hydrogen-bond acceptors (Lipinski definition) is 11. The number of nitrogens with zero attached hydrogens (tertiary/aromatic N) is 1. The molecular weight excluding hydrogens is 706 g/mol. The third kappa shape index (κ3) is 17.5. The lowest BCUT2D eigenvalue weighted by Crippen LogP contribution is -2.60. The first kappa shape index (κ1) is 46.7. The second kappa shape index (κ2) is 24.1. The van der Waals surface area contributed by atoms with Crippen LogP contribution < -0.4 is 55.3 Å². The van der Waals surface area contributed by atoms with Crippen molar-refractivity contribution in [1.82, 2.24) is 26.6 Å². The molecular formula is C34H57N11O9. The first-order valence-electron chi connectivity index (χ1n) is 17.6. The van der Waals surface area contributed by atoms with Gasteiger partial charge >= 0.3 is 5.97 Å². The van der Waals surface area contributed by atoms with Crippen LogP contribution in [-0.2, 0) is 40.0 Å². The van der Waals surface area contributed by atoms with Gasteiger partial charge in [0.25, 0.3) is 0 Å². The first-order chi connectivity index (χ1) is 25.4. The number of hydrogen-bond donors (Lipinski definition) is 12. The standard InChI is InChI=1S/C34H57N11O9/c1-18(2)27(32(52)42-22(33(53)54)12-7-8-14-35)45-30(50)24(17-25(36)47)43-28(48)21(13-9-15-40-34(38)39)41-29(49)23(16-20-10-5-4-6-11-20)44-31(51)26(37)19(3)46/h4-6,10-11,18-19,21-24,26-27,46H,7-9,12-17,35,37H2,1-3H3,(H2,36,47)(H,41,49)(H,42,52)(H,43,48)(H,44,51)(H,45,50)(H,53,54)(H4,38,39,40)/t19-,21+,22+,23+,24+,26+,27+/m1/s1. The Labute approximate surface area is 314 Å². The van der Waals surface area contributed by atoms with E-state index in [4.69, 9.17) is 28.7 Å². The molecule has 0 saturated carbocycles. The maximum Gasteiger partial charge on any atom is 0.326 e. The molecule has 17 N–H and O–H groups in total. The third-order valence-corrected chi connectivity index (χ3v) is 8.16. The van der Waals surface area contributed by atoms with Crippen molar-refractivity contribution < 1.29 is 43.8 Å². The number of nitrogens with one attached hydrogen (secondary N) is 5. The number of benzene rings is 1. The number of amides is 6. The highest BCUT2D eigenvalue weighted by molar-refractivity contribution is 5.98. The molecule has 1 aromatic rings. The highest BCUT2D eigenvalue weighted by atomic mass is 16.4. The van der Waals surface area contributed by atoms with Gasteiger partial charge in [0.2, 0.25) is 35.4 Å². The SMILES string of the molecule is CC(C)[C@H](NC(=O)[C@H](CC(N)=O)NC(=O)[C@H](CCCN=C(N)N)NC(=O)[C@H](Cc1ccccc1)NC(=O)[C@@H](N)[C@@H](C)O)C(=O)N[C@@H](CCCCN)C(=O)O. The molecule has 0 aliphatic heterocycles. The van der Waals surface area contributed by atoms with Crippen molar-refractivity contribution >= 4 is 47.4 Å². The summed E-state index contributed by atoms with van der Waals surface area (Å²) in [4.78, 5) is 94.7. The van der Waals surface area contributed by atoms with Crippen LogP contribution in [0.15, 0.2) is 35.3 Å². The van der Waals surface area contributed by atoms with Gasteiger partial charge in [-0.3, -0.25) is 33.8 Å². The molecule has 0 heterocycles. The molecule has 0 unspecified atom stereocenters. The van der Waals surface area contributed by atoms with Crippen LogP contribution in [0.25, 0.3) is 0 Å². The van der Waals surface area contributed by atoms with E-state index in [1.165, 1.54) is 6.92 Å². The summed E-state index contributed by atoms with van der Waals surface area (Å²) in [5, 5.41) is 31.8. The zero-order valence-corrected chi connectivity index (χ0v) is 31.0. The summed E-state index contributed by atoms with van der Waals surface area (Å²) < 4.78 is 0. The Morgan fingerprint density at radius 1 is 0.704 bits per heavy atom. The van der Waals surface area contributed by atoms with E-state index >= 15 is 0 Å². The van der Waals surface area contributed by atoms with Gasteiger partial charge in [-0.15, -0.1) is 0 Å². The summed E-state index contributed by atoms with van der Waals surface area (Å²) in [6.07, 6.45) is -0.863. The van der Waals surface area contributed by atoms with Gasteiger partial charge in [-0.1, -0.05) is 44.2 Å². The van der Waals surface area contributed by atoms with E-state index in [0.29, 0.717) is 24.9 Å². The lowest BCUT2D eigenvalue weighted by Gasteiger charge is -2.28. The number of primary amides is 1. The van der Waals surface area contributed by atoms with E-state index in [-0.39, 0.29) is 38.2 Å². The Balaban J connectivity index is 3.35. The molecule has 302 valence electrons. The number of carboxylic acid groups (broad SMARTS) is 1. The predicted octanol–water partition coefficient (Wildman–Crippen LogP) is -3.84. The van der Waals surface area contributed by atoms with Crippen LogP contribution in [0.3, 0.4) is 0 Å². The minimum absolute atomic E-state index is 0.0333. The molecule has 0 saturated heterocycles. The van der Waals surface area contributed by atoms with Gasteiger partial charge in [-0.25, -0.2) is 4.79 Å². The molecule has 20 nitrogen and oxygen atoms in total. The van der Waals surface area contributed by atoms with Gasteiger partial charge in [0.05, 0.1) is 12.5 Å². The molecule has 0 bridgehead atoms. The monoisotopic (exact) mass is 763 g/mol. The molecule has 1 rings (SSSR count). The van der Waals surface area contributed by atoms with Crippen LogP contribution in [0.5, 0.6) is 0 Å². The Kier molecular flexibility index (Phi) is 20.8. The Morgan fingerprint density at radius 2 is 1.24 bits per heavy atom. The number of carboxylic acids is 1. The fourth-order valence-electron chi connectivity index (χ4n) is 5.07. The highest BCUT2D eigenvalue weighted by Gasteiger charge is 2.34. The van der Waals surface area contributed by atoms with Gasteiger partial charge < -0.3 is 65.5 Å². The summed E-state index contributed by atoms with van der Waals surface area (Å²) >= 11 is 0. The minimum Gasteiger partial charge on any atom is -0.480 e. The van der Waals surface area contributed by atoms with Crippen molar-refractivity contribution in [1.29, 1.82) is 0 Å². The number of aliphatic imine (C=N–C) groups is 1. The number of unbranched alkanes of at least 4 members (excludes halogenated alkanes) is 1. The maximum absolute atomic E-state index is 13.8. The number of aliphatic carboxylic acids is 1. The van der Waals surface area contributed by atoms with Gasteiger partial charge in [-0.2, -0.15) is 0 Å². The van der Waals surface area contributed by atoms with E-state index in [1.807, 2.05) is 0 Å². The second-order valence-electron chi connectivity index (χ2n) is 13.2. The molecule has 20 heteroatoms. The van der Waals surface area contributed by atoms with E-state index < -0.39 is 96.1 Å². The molecule has 54 heavy (non-hydrogen) atoms. The van der Waals surface area contributed by atoms with Crippen LogP contribution in [0.4, 0.5) is 0 Å². The van der Waals surface area contributed by atoms with Crippen molar-refractivity contribution in [3.05, 3.63) is 35.9 Å². The van der Waals surface area contributed by atoms with Crippen molar-refractivity contribution in [3.8, 4) is 0 Å². The number of carbonyl (C=O) groups is 7. The largest absolute Gasteiger partial charge is 0.480 e. The molecule has 0 aromatic heterocycles. The lowest BCUT2D eigenvalue weighted by atomic mass is 10.0. The summed E-state index contributed by atoms with van der Waals surface area (Å²) in [6.45, 7) is 4.88. The Morgan fingerprint density at radius 3 is 1.78 bits per heavy atom. The van der Waals surface area contributed by atoms with Gasteiger partial charge in [0, 0.05) is 13.0 Å². The number of nitrogens with two attached hydrogens (primary N) is 5. The lowest BCUT2D eigenvalue weighted by molar-refractivity contribution is -0.143. The highest BCUT2D eigenvalue weighted by Crippen LogP contribution is 2.10. The summed E-state index contributed by atoms with van der Waals surface area (Å²) in [6, 6.07) is 0.403. The quantitative estimate of drug-likeness (QED) is 0.0258. The fourth-order valence-corrected chi connectivity index (χ4v) is 5.07. The molecule has 0 aliphatic rings. The Hall–Kier alpha value is -5.34. The number of aliphatic hydroxyl groups is 1. The normalized spacial score (nSPS) is 14.9. The molecule has 0 radical (unpaired) electrons. The van der Waals surface area contributed by atoms with Gasteiger partial charge in [0.1, 0.15) is 36.3 Å². The van der Waals surface area contributed by atoms with E-state index in [2.05, 4.69) is 31.6 Å². The number of guanidine groups is 1. The summed E-state index contributed by atoms with van der Waals surface area (Å²) in [7, 11) is 0. The Bertz CT molecular complexity index is 1440. The van der Waals surface area contributed by atoms with E-state index in [1.54, 1.807) is 44.2 Å². The molecule has 7 atom stereocenters. The summed E-state index contributed by atoms with van der Waals surface area (Å²) in [5.74, 6) is -7.44. The topological polar surface area (TPSA) is 363 Å². The molecule has 0 spiro atoms. The van der Waals surface area contributed by atoms with Crippen molar-refractivity contribution in [2.45, 2.75) is 108 Å². The molecule has 0 fully saturated rings. The zero-order chi connectivity index (χ0) is 41.0. The number of carbonyl (C=O) groups excluding carboxylic acids is 6. The van der Waals surface area contributed by atoms with Crippen LogP contribution in [0.2, 0.25) is 0 Å². The van der Waals surface area contributed by atoms with Crippen molar-refractivity contribution in [2.24, 2.45) is 39.6 Å². The predicted molar refractivity (Wildman–Crippen MR) is 199 cm³/mol. The smallest absolute Gasteiger partial charge is 0.326 e. The number of rotatable bonds is 25. The van der Waals surface area contributed by atoms with Crippen molar-refractivity contribution in [2.75, 3.05) is 13.1 Å². The van der Waals surface area contributed by atoms with Crippen LogP contribution in [0, 0.1) is 5.92 Å².